The third kappa shape index (κ3) is 5.97. The summed E-state index contributed by atoms with van der Waals surface area (Å²) in [5, 5.41) is 8.18. The maximum atomic E-state index is 12.2. The quantitative estimate of drug-likeness (QED) is 0.633. The second-order valence-corrected chi connectivity index (χ2v) is 6.47. The number of likely N-dealkylation sites (N-methyl/N-ethyl adjacent to an activating group) is 1. The van der Waals surface area contributed by atoms with Gasteiger partial charge in [-0.2, -0.15) is 0 Å². The van der Waals surface area contributed by atoms with E-state index in [1.807, 2.05) is 13.0 Å². The Balaban J connectivity index is 1.50. The molecule has 152 valence electrons. The molecule has 8 nitrogen and oxygen atoms in total. The number of hydrogen-bond acceptors (Lipinski definition) is 5. The molecule has 3 N–H and O–H groups in total. The molecule has 29 heavy (non-hydrogen) atoms. The molecule has 1 heterocycles. The predicted molar refractivity (Wildman–Crippen MR) is 108 cm³/mol. The third-order valence-corrected chi connectivity index (χ3v) is 4.20. The molecule has 2 aromatic rings. The molecule has 2 aromatic carbocycles. The lowest BCUT2D eigenvalue weighted by Crippen LogP contribution is -2.28. The average molecular weight is 397 g/mol. The van der Waals surface area contributed by atoms with Gasteiger partial charge in [-0.1, -0.05) is 6.07 Å². The van der Waals surface area contributed by atoms with Gasteiger partial charge in [0.2, 0.25) is 5.91 Å². The van der Waals surface area contributed by atoms with Gasteiger partial charge in [0.05, 0.1) is 0 Å². The molecule has 0 fully saturated rings. The molecular weight excluding hydrogens is 374 g/mol. The van der Waals surface area contributed by atoms with Crippen LogP contribution in [0.25, 0.3) is 0 Å². The molecule has 8 heteroatoms. The molecule has 0 radical (unpaired) electrons. The molecule has 1 aliphatic rings. The fourth-order valence-corrected chi connectivity index (χ4v) is 2.86. The van der Waals surface area contributed by atoms with E-state index in [4.69, 9.17) is 9.47 Å². The predicted octanol–water partition coefficient (Wildman–Crippen LogP) is 2.10. The second kappa shape index (κ2) is 9.59. The summed E-state index contributed by atoms with van der Waals surface area (Å²) >= 11 is 0. The van der Waals surface area contributed by atoms with E-state index in [1.165, 1.54) is 0 Å². The van der Waals surface area contributed by atoms with Gasteiger partial charge < -0.3 is 25.4 Å². The van der Waals surface area contributed by atoms with Crippen molar-refractivity contribution in [3.05, 3.63) is 48.0 Å². The second-order valence-electron chi connectivity index (χ2n) is 6.47. The summed E-state index contributed by atoms with van der Waals surface area (Å²) in [5.74, 6) is 0.514. The molecule has 0 unspecified atom stereocenters. The summed E-state index contributed by atoms with van der Waals surface area (Å²) < 4.78 is 11.0. The minimum absolute atomic E-state index is 0.00255. The highest BCUT2D eigenvalue weighted by atomic mass is 16.5. The van der Waals surface area contributed by atoms with Gasteiger partial charge in [0.25, 0.3) is 11.8 Å². The van der Waals surface area contributed by atoms with Crippen LogP contribution < -0.4 is 25.4 Å². The Morgan fingerprint density at radius 2 is 1.76 bits per heavy atom. The van der Waals surface area contributed by atoms with E-state index >= 15 is 0 Å². The van der Waals surface area contributed by atoms with Gasteiger partial charge in [-0.3, -0.25) is 14.4 Å². The maximum Gasteiger partial charge on any atom is 0.262 e. The first-order valence-corrected chi connectivity index (χ1v) is 9.38. The van der Waals surface area contributed by atoms with Gasteiger partial charge >= 0.3 is 0 Å². The van der Waals surface area contributed by atoms with Gasteiger partial charge in [-0.05, 0) is 49.2 Å². The lowest BCUT2D eigenvalue weighted by atomic mass is 10.0. The van der Waals surface area contributed by atoms with Crippen molar-refractivity contribution in [3.63, 3.8) is 0 Å². The Morgan fingerprint density at radius 3 is 2.55 bits per heavy atom. The van der Waals surface area contributed by atoms with E-state index in [0.717, 1.165) is 11.3 Å². The number of carbonyl (C=O) groups excluding carboxylic acids is 3. The van der Waals surface area contributed by atoms with E-state index in [1.54, 1.807) is 36.4 Å². The zero-order valence-corrected chi connectivity index (χ0v) is 16.1. The van der Waals surface area contributed by atoms with Crippen molar-refractivity contribution < 1.29 is 23.9 Å². The van der Waals surface area contributed by atoms with Crippen LogP contribution in [0, 0.1) is 0 Å². The number of ether oxygens (including phenoxy) is 2. The maximum absolute atomic E-state index is 12.2. The average Bonchev–Trinajstić information content (AvgIpc) is 2.71. The number of rotatable bonds is 8. The van der Waals surface area contributed by atoms with Crippen molar-refractivity contribution in [2.75, 3.05) is 30.4 Å². The van der Waals surface area contributed by atoms with Crippen molar-refractivity contribution in [1.29, 1.82) is 0 Å². The molecular formula is C21H23N3O5. The lowest BCUT2D eigenvalue weighted by molar-refractivity contribution is -0.123. The SMILES string of the molecule is CCNC(=O)COc1cccc(NC(=O)COc2ccc3c(c2)CCC(=O)N3)c1. The fourth-order valence-electron chi connectivity index (χ4n) is 2.86. The molecule has 0 saturated carbocycles. The van der Waals surface area contributed by atoms with Crippen LogP contribution in [0.1, 0.15) is 18.9 Å². The van der Waals surface area contributed by atoms with Crippen LogP contribution in [-0.4, -0.2) is 37.5 Å². The van der Waals surface area contributed by atoms with Crippen molar-refractivity contribution in [2.45, 2.75) is 19.8 Å². The number of hydrogen-bond donors (Lipinski definition) is 3. The molecule has 1 aliphatic heterocycles. The first-order valence-electron chi connectivity index (χ1n) is 9.38. The Labute approximate surface area is 168 Å². The fraction of sp³-hybridized carbons (Fsp3) is 0.286. The van der Waals surface area contributed by atoms with Crippen LogP contribution in [-0.2, 0) is 20.8 Å². The summed E-state index contributed by atoms with van der Waals surface area (Å²) in [4.78, 5) is 35.0. The van der Waals surface area contributed by atoms with Crippen molar-refractivity contribution in [1.82, 2.24) is 5.32 Å². The number of amides is 3. The van der Waals surface area contributed by atoms with E-state index in [9.17, 15) is 14.4 Å². The Kier molecular flexibility index (Phi) is 6.67. The lowest BCUT2D eigenvalue weighted by Gasteiger charge is -2.17. The van der Waals surface area contributed by atoms with E-state index in [2.05, 4.69) is 16.0 Å². The standard InChI is InChI=1S/C21H23N3O5/c1-2-22-20(26)12-28-16-5-3-4-15(11-16)23-21(27)13-29-17-7-8-18-14(10-17)6-9-19(25)24-18/h3-5,7-8,10-11H,2,6,9,12-13H2,1H3,(H,22,26)(H,23,27)(H,24,25). The number of anilines is 2. The van der Waals surface area contributed by atoms with Crippen LogP contribution in [0.4, 0.5) is 11.4 Å². The van der Waals surface area contributed by atoms with Crippen LogP contribution in [0.15, 0.2) is 42.5 Å². The molecule has 0 atom stereocenters. The van der Waals surface area contributed by atoms with Crippen molar-refractivity contribution in [3.8, 4) is 11.5 Å². The third-order valence-electron chi connectivity index (χ3n) is 4.20. The molecule has 3 amide bonds. The van der Waals surface area contributed by atoms with Crippen LogP contribution in [0.5, 0.6) is 11.5 Å². The summed E-state index contributed by atoms with van der Waals surface area (Å²) in [7, 11) is 0. The van der Waals surface area contributed by atoms with Gasteiger partial charge in [0.15, 0.2) is 13.2 Å². The molecule has 3 rings (SSSR count). The molecule has 0 spiro atoms. The minimum Gasteiger partial charge on any atom is -0.484 e. The first kappa shape index (κ1) is 20.2. The molecule has 0 aromatic heterocycles. The Morgan fingerprint density at radius 1 is 1.00 bits per heavy atom. The largest absolute Gasteiger partial charge is 0.484 e. The Bertz CT molecular complexity index is 913. The summed E-state index contributed by atoms with van der Waals surface area (Å²) in [5.41, 5.74) is 2.31. The summed E-state index contributed by atoms with van der Waals surface area (Å²) in [6.07, 6.45) is 1.09. The molecule has 0 bridgehead atoms. The summed E-state index contributed by atoms with van der Waals surface area (Å²) in [6, 6.07) is 12.1. The molecule has 0 saturated heterocycles. The highest BCUT2D eigenvalue weighted by Gasteiger charge is 2.15. The van der Waals surface area contributed by atoms with Gasteiger partial charge in [0.1, 0.15) is 11.5 Å². The highest BCUT2D eigenvalue weighted by Crippen LogP contribution is 2.26. The first-order chi connectivity index (χ1) is 14.0. The number of aryl methyl sites for hydroxylation is 1. The topological polar surface area (TPSA) is 106 Å². The molecule has 0 aliphatic carbocycles. The van der Waals surface area contributed by atoms with E-state index in [-0.39, 0.29) is 30.9 Å². The number of nitrogens with one attached hydrogen (secondary N) is 3. The number of fused-ring (bicyclic) bond motifs is 1. The highest BCUT2D eigenvalue weighted by molar-refractivity contribution is 5.94. The number of benzene rings is 2. The van der Waals surface area contributed by atoms with Gasteiger partial charge in [0, 0.05) is 30.4 Å². The monoisotopic (exact) mass is 397 g/mol. The van der Waals surface area contributed by atoms with Crippen molar-refractivity contribution in [2.24, 2.45) is 0 Å². The zero-order chi connectivity index (χ0) is 20.6. The van der Waals surface area contributed by atoms with E-state index < -0.39 is 0 Å². The number of carbonyl (C=O) groups is 3. The van der Waals surface area contributed by atoms with Gasteiger partial charge in [-0.25, -0.2) is 0 Å². The normalized spacial score (nSPS) is 12.4. The smallest absolute Gasteiger partial charge is 0.262 e. The van der Waals surface area contributed by atoms with Crippen LogP contribution in [0.3, 0.4) is 0 Å². The summed E-state index contributed by atoms with van der Waals surface area (Å²) in [6.45, 7) is 2.12. The van der Waals surface area contributed by atoms with Crippen LogP contribution >= 0.6 is 0 Å². The zero-order valence-electron chi connectivity index (χ0n) is 16.1. The van der Waals surface area contributed by atoms with Crippen LogP contribution in [0.2, 0.25) is 0 Å². The van der Waals surface area contributed by atoms with Gasteiger partial charge in [-0.15, -0.1) is 0 Å². The van der Waals surface area contributed by atoms with Crippen molar-refractivity contribution >= 4 is 29.1 Å². The minimum atomic E-state index is -0.322. The Hall–Kier alpha value is -3.55. The van der Waals surface area contributed by atoms with E-state index in [0.29, 0.717) is 36.6 Å².